The van der Waals surface area contributed by atoms with Crippen LogP contribution in [0.3, 0.4) is 0 Å². The molecule has 25 heavy (non-hydrogen) atoms. The summed E-state index contributed by atoms with van der Waals surface area (Å²) in [7, 11) is 0. The quantitative estimate of drug-likeness (QED) is 0.903. The third kappa shape index (κ3) is 3.76. The molecule has 7 heteroatoms. The number of aliphatic carboxylic acids is 1. The number of hydrogen-bond acceptors (Lipinski definition) is 3. The van der Waals surface area contributed by atoms with Gasteiger partial charge >= 0.3 is 5.97 Å². The molecule has 5 nitrogen and oxygen atoms in total. The molecule has 0 spiro atoms. The predicted molar refractivity (Wildman–Crippen MR) is 85.2 cm³/mol. The van der Waals surface area contributed by atoms with Crippen LogP contribution in [0.1, 0.15) is 12.0 Å². The molecule has 1 N–H and O–H groups in total. The third-order valence-corrected chi connectivity index (χ3v) is 3.98. The molecule has 2 aromatic rings. The highest BCUT2D eigenvalue weighted by molar-refractivity contribution is 5.99. The number of carboxylic acids is 1. The predicted octanol–water partition coefficient (Wildman–Crippen LogP) is 2.98. The van der Waals surface area contributed by atoms with E-state index in [1.54, 1.807) is 6.07 Å². The summed E-state index contributed by atoms with van der Waals surface area (Å²) in [6.07, 6.45) is -0.102. The molecule has 1 aliphatic rings. The van der Waals surface area contributed by atoms with Crippen molar-refractivity contribution in [2.24, 2.45) is 5.92 Å². The van der Waals surface area contributed by atoms with Crippen molar-refractivity contribution in [3.63, 3.8) is 0 Å². The summed E-state index contributed by atoms with van der Waals surface area (Å²) in [4.78, 5) is 24.1. The van der Waals surface area contributed by atoms with E-state index in [4.69, 9.17) is 9.84 Å². The molecule has 1 aliphatic heterocycles. The van der Waals surface area contributed by atoms with Gasteiger partial charge in [0, 0.05) is 24.7 Å². The van der Waals surface area contributed by atoms with Gasteiger partial charge in [-0.2, -0.15) is 0 Å². The van der Waals surface area contributed by atoms with E-state index in [0.29, 0.717) is 5.56 Å². The van der Waals surface area contributed by atoms with Crippen molar-refractivity contribution in [2.75, 3.05) is 11.4 Å². The van der Waals surface area contributed by atoms with Crippen molar-refractivity contribution in [1.29, 1.82) is 0 Å². The third-order valence-electron chi connectivity index (χ3n) is 3.98. The summed E-state index contributed by atoms with van der Waals surface area (Å²) in [6.45, 7) is 0.00879. The van der Waals surface area contributed by atoms with Crippen LogP contribution in [0.4, 0.5) is 14.5 Å². The zero-order chi connectivity index (χ0) is 18.0. The van der Waals surface area contributed by atoms with E-state index < -0.39 is 23.5 Å². The summed E-state index contributed by atoms with van der Waals surface area (Å²) in [5.74, 6) is -3.32. The van der Waals surface area contributed by atoms with Crippen LogP contribution >= 0.6 is 0 Å². The van der Waals surface area contributed by atoms with Gasteiger partial charge in [-0.05, 0) is 29.8 Å². The van der Waals surface area contributed by atoms with Gasteiger partial charge in [-0.3, -0.25) is 9.59 Å². The maximum Gasteiger partial charge on any atom is 0.308 e. The van der Waals surface area contributed by atoms with Crippen LogP contribution in [-0.4, -0.2) is 23.5 Å². The van der Waals surface area contributed by atoms with Crippen molar-refractivity contribution >= 4 is 17.6 Å². The van der Waals surface area contributed by atoms with Crippen LogP contribution in [0.15, 0.2) is 42.5 Å². The van der Waals surface area contributed by atoms with Gasteiger partial charge in [-0.15, -0.1) is 0 Å². The Labute approximate surface area is 142 Å². The molecule has 0 aliphatic carbocycles. The zero-order valence-electron chi connectivity index (χ0n) is 13.1. The monoisotopic (exact) mass is 347 g/mol. The molecule has 1 saturated heterocycles. The van der Waals surface area contributed by atoms with E-state index in [1.165, 1.54) is 35.2 Å². The molecule has 0 saturated carbocycles. The highest BCUT2D eigenvalue weighted by atomic mass is 19.1. The second-order valence-electron chi connectivity index (χ2n) is 5.78. The molecule has 0 aromatic heterocycles. The standard InChI is InChI=1S/C18H15F2NO4/c19-13-3-1-2-11(6-13)10-25-16-5-4-14(8-15(16)20)21-9-12(18(23)24)7-17(21)22/h1-6,8,12H,7,9-10H2,(H,23,24)/t12-/m0/s1. The average molecular weight is 347 g/mol. The van der Waals surface area contributed by atoms with Gasteiger partial charge in [-0.25, -0.2) is 8.78 Å². The largest absolute Gasteiger partial charge is 0.486 e. The van der Waals surface area contributed by atoms with Crippen molar-refractivity contribution in [2.45, 2.75) is 13.0 Å². The fourth-order valence-electron chi connectivity index (χ4n) is 2.69. The molecule has 2 aromatic carbocycles. The Morgan fingerprint density at radius 3 is 2.68 bits per heavy atom. The van der Waals surface area contributed by atoms with Crippen LogP contribution in [0.2, 0.25) is 0 Å². The lowest BCUT2D eigenvalue weighted by atomic mass is 10.1. The van der Waals surface area contributed by atoms with Gasteiger partial charge in [0.05, 0.1) is 5.92 Å². The normalized spacial score (nSPS) is 17.0. The van der Waals surface area contributed by atoms with E-state index >= 15 is 0 Å². The molecule has 0 bridgehead atoms. The Bertz CT molecular complexity index is 824. The van der Waals surface area contributed by atoms with Crippen molar-refractivity contribution < 1.29 is 28.2 Å². The molecule has 0 radical (unpaired) electrons. The lowest BCUT2D eigenvalue weighted by Crippen LogP contribution is -2.25. The molecule has 1 atom stereocenters. The first-order chi connectivity index (χ1) is 11.9. The zero-order valence-corrected chi connectivity index (χ0v) is 13.1. The van der Waals surface area contributed by atoms with Crippen LogP contribution < -0.4 is 9.64 Å². The first-order valence-corrected chi connectivity index (χ1v) is 7.64. The number of hydrogen-bond donors (Lipinski definition) is 1. The van der Waals surface area contributed by atoms with Gasteiger partial charge in [0.2, 0.25) is 5.91 Å². The first kappa shape index (κ1) is 16.9. The number of ether oxygens (including phenoxy) is 1. The molecule has 3 rings (SSSR count). The number of anilines is 1. The molecular formula is C18H15F2NO4. The lowest BCUT2D eigenvalue weighted by molar-refractivity contribution is -0.141. The van der Waals surface area contributed by atoms with Crippen molar-refractivity contribution in [1.82, 2.24) is 0 Å². The maximum absolute atomic E-state index is 14.2. The maximum atomic E-state index is 14.2. The molecule has 1 fully saturated rings. The SMILES string of the molecule is O=C(O)[C@H]1CC(=O)N(c2ccc(OCc3cccc(F)c3)c(F)c2)C1. The summed E-state index contributed by atoms with van der Waals surface area (Å²) >= 11 is 0. The number of halogens is 2. The number of amides is 1. The fraction of sp³-hybridized carbons (Fsp3) is 0.222. The Morgan fingerprint density at radius 1 is 1.24 bits per heavy atom. The van der Waals surface area contributed by atoms with Crippen LogP contribution in [0, 0.1) is 17.6 Å². The number of carboxylic acid groups (broad SMARTS) is 1. The Balaban J connectivity index is 1.71. The summed E-state index contributed by atoms with van der Waals surface area (Å²) < 4.78 is 32.7. The number of carbonyl (C=O) groups is 2. The minimum Gasteiger partial charge on any atom is -0.486 e. The molecule has 1 heterocycles. The van der Waals surface area contributed by atoms with Gasteiger partial charge in [0.25, 0.3) is 0 Å². The average Bonchev–Trinajstić information content (AvgIpc) is 2.96. The van der Waals surface area contributed by atoms with E-state index in [9.17, 15) is 18.4 Å². The number of carbonyl (C=O) groups excluding carboxylic acids is 1. The van der Waals surface area contributed by atoms with Crippen LogP contribution in [0.25, 0.3) is 0 Å². The Morgan fingerprint density at radius 2 is 2.04 bits per heavy atom. The first-order valence-electron chi connectivity index (χ1n) is 7.64. The van der Waals surface area contributed by atoms with Crippen LogP contribution in [0.5, 0.6) is 5.75 Å². The van der Waals surface area contributed by atoms with E-state index in [2.05, 4.69) is 0 Å². The molecule has 130 valence electrons. The minimum atomic E-state index is -1.05. The highest BCUT2D eigenvalue weighted by Gasteiger charge is 2.35. The van der Waals surface area contributed by atoms with Crippen molar-refractivity contribution in [3.05, 3.63) is 59.7 Å². The van der Waals surface area contributed by atoms with Gasteiger partial charge in [0.1, 0.15) is 12.4 Å². The second-order valence-corrected chi connectivity index (χ2v) is 5.78. The van der Waals surface area contributed by atoms with Gasteiger partial charge < -0.3 is 14.7 Å². The van der Waals surface area contributed by atoms with E-state index in [1.807, 2.05) is 0 Å². The summed E-state index contributed by atoms with van der Waals surface area (Å²) in [5.41, 5.74) is 0.840. The second kappa shape index (κ2) is 6.88. The molecule has 0 unspecified atom stereocenters. The highest BCUT2D eigenvalue weighted by Crippen LogP contribution is 2.29. The number of rotatable bonds is 5. The van der Waals surface area contributed by atoms with E-state index in [-0.39, 0.29) is 36.9 Å². The Hall–Kier alpha value is -2.96. The molecular weight excluding hydrogens is 332 g/mol. The number of nitrogens with zero attached hydrogens (tertiary/aromatic N) is 1. The van der Waals surface area contributed by atoms with Crippen molar-refractivity contribution in [3.8, 4) is 5.75 Å². The lowest BCUT2D eigenvalue weighted by Gasteiger charge is -2.17. The smallest absolute Gasteiger partial charge is 0.308 e. The number of benzene rings is 2. The van der Waals surface area contributed by atoms with E-state index in [0.717, 1.165) is 6.07 Å². The fourth-order valence-corrected chi connectivity index (χ4v) is 2.69. The topological polar surface area (TPSA) is 66.8 Å². The Kier molecular flexibility index (Phi) is 4.65. The van der Waals surface area contributed by atoms with Crippen LogP contribution in [-0.2, 0) is 16.2 Å². The van der Waals surface area contributed by atoms with Gasteiger partial charge in [0.15, 0.2) is 11.6 Å². The molecule has 1 amide bonds. The minimum absolute atomic E-state index is 0.00222. The summed E-state index contributed by atoms with van der Waals surface area (Å²) in [6, 6.07) is 9.77. The van der Waals surface area contributed by atoms with Gasteiger partial charge in [-0.1, -0.05) is 12.1 Å². The summed E-state index contributed by atoms with van der Waals surface area (Å²) in [5, 5.41) is 8.99.